The van der Waals surface area contributed by atoms with E-state index in [1.54, 1.807) is 37.3 Å². The van der Waals surface area contributed by atoms with Crippen molar-refractivity contribution in [3.8, 4) is 5.75 Å². The van der Waals surface area contributed by atoms with E-state index in [-0.39, 0.29) is 17.7 Å². The molecule has 0 spiro atoms. The Hall–Kier alpha value is -3.56. The Morgan fingerprint density at radius 2 is 1.97 bits per heavy atom. The number of hydrogen-bond donors (Lipinski definition) is 0. The van der Waals surface area contributed by atoms with Gasteiger partial charge in [0.2, 0.25) is 0 Å². The van der Waals surface area contributed by atoms with Crippen molar-refractivity contribution in [2.45, 2.75) is 19.9 Å². The van der Waals surface area contributed by atoms with Crippen LogP contribution >= 0.6 is 27.3 Å². The average molecular weight is 553 g/mol. The van der Waals surface area contributed by atoms with Gasteiger partial charge in [-0.05, 0) is 48.4 Å². The zero-order valence-electron chi connectivity index (χ0n) is 19.0. The minimum atomic E-state index is -0.764. The lowest BCUT2D eigenvalue weighted by Crippen LogP contribution is -2.39. The van der Waals surface area contributed by atoms with Gasteiger partial charge >= 0.3 is 11.9 Å². The Morgan fingerprint density at radius 3 is 2.63 bits per heavy atom. The van der Waals surface area contributed by atoms with Crippen LogP contribution in [0.5, 0.6) is 5.75 Å². The van der Waals surface area contributed by atoms with Crippen LogP contribution in [0.3, 0.4) is 0 Å². The highest BCUT2D eigenvalue weighted by Gasteiger charge is 2.33. The van der Waals surface area contributed by atoms with Gasteiger partial charge in [-0.15, -0.1) is 0 Å². The Balaban J connectivity index is 1.90. The highest BCUT2D eigenvalue weighted by atomic mass is 79.9. The molecular formula is C26H21BrN2O5S. The number of carbonyl (C=O) groups excluding carboxylic acids is 2. The number of aromatic nitrogens is 1. The van der Waals surface area contributed by atoms with Crippen molar-refractivity contribution in [1.29, 1.82) is 0 Å². The molecule has 0 fully saturated rings. The molecule has 1 aromatic heterocycles. The maximum absolute atomic E-state index is 13.6. The topological polar surface area (TPSA) is 87.0 Å². The van der Waals surface area contributed by atoms with Crippen LogP contribution in [0.1, 0.15) is 31.0 Å². The molecule has 0 N–H and O–H groups in total. The van der Waals surface area contributed by atoms with E-state index in [9.17, 15) is 14.4 Å². The first-order valence-corrected chi connectivity index (χ1v) is 12.2. The molecule has 0 saturated carbocycles. The fourth-order valence-electron chi connectivity index (χ4n) is 3.74. The number of carbonyl (C=O) groups is 2. The quantitative estimate of drug-likeness (QED) is 0.264. The van der Waals surface area contributed by atoms with Crippen molar-refractivity contribution in [2.24, 2.45) is 4.99 Å². The van der Waals surface area contributed by atoms with Gasteiger partial charge in [0.25, 0.3) is 5.56 Å². The molecule has 2 heterocycles. The van der Waals surface area contributed by atoms with Gasteiger partial charge in [-0.2, -0.15) is 0 Å². The summed E-state index contributed by atoms with van der Waals surface area (Å²) in [6.45, 7) is 6.65. The number of nitrogens with zero attached hydrogens (tertiary/aromatic N) is 2. The number of halogens is 1. The maximum atomic E-state index is 13.6. The molecule has 2 aromatic carbocycles. The summed E-state index contributed by atoms with van der Waals surface area (Å²) in [5.74, 6) is -0.663. The van der Waals surface area contributed by atoms with Crippen LogP contribution in [-0.4, -0.2) is 23.1 Å². The molecule has 3 aromatic rings. The first kappa shape index (κ1) is 24.6. The van der Waals surface area contributed by atoms with Crippen molar-refractivity contribution in [1.82, 2.24) is 4.57 Å². The molecular weight excluding hydrogens is 532 g/mol. The van der Waals surface area contributed by atoms with E-state index in [2.05, 4.69) is 27.5 Å². The fourth-order valence-corrected chi connectivity index (χ4v) is 5.21. The predicted octanol–water partition coefficient (Wildman–Crippen LogP) is 3.65. The van der Waals surface area contributed by atoms with Crippen molar-refractivity contribution in [2.75, 3.05) is 6.61 Å². The van der Waals surface area contributed by atoms with Crippen LogP contribution in [-0.2, 0) is 14.3 Å². The lowest BCUT2D eigenvalue weighted by molar-refractivity contribution is -0.138. The third kappa shape index (κ3) is 5.26. The van der Waals surface area contributed by atoms with E-state index in [1.807, 2.05) is 24.3 Å². The van der Waals surface area contributed by atoms with Gasteiger partial charge in [0.05, 0.1) is 21.8 Å². The Labute approximate surface area is 213 Å². The van der Waals surface area contributed by atoms with Crippen molar-refractivity contribution < 1.29 is 19.1 Å². The maximum Gasteiger partial charge on any atom is 0.338 e. The van der Waals surface area contributed by atoms with E-state index in [1.165, 1.54) is 28.9 Å². The van der Waals surface area contributed by atoms with E-state index < -0.39 is 18.0 Å². The van der Waals surface area contributed by atoms with E-state index in [0.717, 1.165) is 10.0 Å². The summed E-state index contributed by atoms with van der Waals surface area (Å²) in [6, 6.07) is 13.5. The second kappa shape index (κ2) is 10.4. The van der Waals surface area contributed by atoms with Gasteiger partial charge in [-0.25, -0.2) is 9.79 Å². The van der Waals surface area contributed by atoms with Crippen LogP contribution in [0.2, 0.25) is 0 Å². The zero-order chi connectivity index (χ0) is 25.1. The van der Waals surface area contributed by atoms with E-state index in [4.69, 9.17) is 9.47 Å². The van der Waals surface area contributed by atoms with Gasteiger partial charge in [0.15, 0.2) is 4.80 Å². The Bertz CT molecular complexity index is 1530. The molecule has 4 rings (SSSR count). The van der Waals surface area contributed by atoms with Crippen molar-refractivity contribution in [3.63, 3.8) is 0 Å². The summed E-state index contributed by atoms with van der Waals surface area (Å²) in [7, 11) is 0. The Morgan fingerprint density at radius 1 is 1.23 bits per heavy atom. The molecule has 0 bridgehead atoms. The molecule has 7 nitrogen and oxygen atoms in total. The molecule has 0 radical (unpaired) electrons. The smallest absolute Gasteiger partial charge is 0.338 e. The number of hydrogen-bond acceptors (Lipinski definition) is 7. The van der Waals surface area contributed by atoms with Gasteiger partial charge < -0.3 is 9.47 Å². The van der Waals surface area contributed by atoms with Gasteiger partial charge in [0, 0.05) is 11.4 Å². The number of esters is 2. The molecule has 0 saturated heterocycles. The van der Waals surface area contributed by atoms with Crippen molar-refractivity contribution in [3.05, 3.63) is 108 Å². The molecule has 0 amide bonds. The normalized spacial score (nSPS) is 15.3. The SMILES string of the molecule is C=CCOC(=O)C1=C(C)N=c2s/c(=C\c3cccc(Br)c3)c(=O)n2[C@@H]1c1ccc(OC(C)=O)cc1. The summed E-state index contributed by atoms with van der Waals surface area (Å²) in [6.07, 6.45) is 3.27. The molecule has 9 heteroatoms. The first-order valence-electron chi connectivity index (χ1n) is 10.6. The van der Waals surface area contributed by atoms with Crippen molar-refractivity contribution >= 4 is 45.3 Å². The van der Waals surface area contributed by atoms with Gasteiger partial charge in [-0.3, -0.25) is 14.2 Å². The standard InChI is InChI=1S/C26H21BrN2O5S/c1-4-12-33-25(32)22-15(2)28-26-29(23(22)18-8-10-20(11-9-18)34-16(3)30)24(31)21(35-26)14-17-6-5-7-19(27)13-17/h4-11,13-14,23H,1,12H2,2-3H3/b21-14-/t23-/m1/s1. The number of allylic oxidation sites excluding steroid dienone is 1. The number of fused-ring (bicyclic) bond motifs is 1. The predicted molar refractivity (Wildman–Crippen MR) is 137 cm³/mol. The second-order valence-corrected chi connectivity index (χ2v) is 9.61. The number of rotatable bonds is 6. The highest BCUT2D eigenvalue weighted by Crippen LogP contribution is 2.31. The molecule has 178 valence electrons. The van der Waals surface area contributed by atoms with Crippen LogP contribution in [0.15, 0.2) is 86.7 Å². The molecule has 0 aliphatic carbocycles. The van der Waals surface area contributed by atoms with E-state index in [0.29, 0.717) is 26.3 Å². The monoisotopic (exact) mass is 552 g/mol. The highest BCUT2D eigenvalue weighted by molar-refractivity contribution is 9.10. The van der Waals surface area contributed by atoms with Crippen LogP contribution in [0.25, 0.3) is 6.08 Å². The minimum Gasteiger partial charge on any atom is -0.458 e. The summed E-state index contributed by atoms with van der Waals surface area (Å²) in [5, 5.41) is 0. The molecule has 35 heavy (non-hydrogen) atoms. The summed E-state index contributed by atoms with van der Waals surface area (Å²) < 4.78 is 13.3. The molecule has 0 unspecified atom stereocenters. The second-order valence-electron chi connectivity index (χ2n) is 7.69. The third-order valence-corrected chi connectivity index (χ3v) is 6.65. The van der Waals surface area contributed by atoms with Crippen LogP contribution in [0.4, 0.5) is 0 Å². The summed E-state index contributed by atoms with van der Waals surface area (Å²) in [5.41, 5.74) is 1.95. The summed E-state index contributed by atoms with van der Waals surface area (Å²) in [4.78, 5) is 43.0. The lowest BCUT2D eigenvalue weighted by Gasteiger charge is -2.24. The fraction of sp³-hybridized carbons (Fsp3) is 0.154. The number of benzene rings is 2. The zero-order valence-corrected chi connectivity index (χ0v) is 21.4. The molecule has 1 atom stereocenters. The Kier molecular flexibility index (Phi) is 7.28. The van der Waals surface area contributed by atoms with Crippen LogP contribution < -0.4 is 19.6 Å². The van der Waals surface area contributed by atoms with Gasteiger partial charge in [0.1, 0.15) is 12.4 Å². The molecule has 1 aliphatic rings. The number of ether oxygens (including phenoxy) is 2. The van der Waals surface area contributed by atoms with Crippen LogP contribution in [0, 0.1) is 0 Å². The summed E-state index contributed by atoms with van der Waals surface area (Å²) >= 11 is 4.70. The minimum absolute atomic E-state index is 0.0288. The van der Waals surface area contributed by atoms with Gasteiger partial charge in [-0.1, -0.05) is 64.2 Å². The molecule has 1 aliphatic heterocycles. The third-order valence-electron chi connectivity index (χ3n) is 5.18. The largest absolute Gasteiger partial charge is 0.458 e. The van der Waals surface area contributed by atoms with E-state index >= 15 is 0 Å². The lowest BCUT2D eigenvalue weighted by atomic mass is 9.96. The number of thiazole rings is 1. The first-order chi connectivity index (χ1) is 16.8. The average Bonchev–Trinajstić information content (AvgIpc) is 3.11.